The van der Waals surface area contributed by atoms with Crippen LogP contribution in [0.15, 0.2) is 65.8 Å². The molecule has 0 heterocycles. The first kappa shape index (κ1) is 20.2. The first-order valence-electron chi connectivity index (χ1n) is 10.1. The van der Waals surface area contributed by atoms with E-state index in [0.717, 1.165) is 42.9 Å². The third-order valence-corrected chi connectivity index (χ3v) is 5.51. The molecule has 0 bridgehead atoms. The minimum absolute atomic E-state index is 0.179. The van der Waals surface area contributed by atoms with Crippen molar-refractivity contribution in [2.24, 2.45) is 4.99 Å². The van der Waals surface area contributed by atoms with Crippen molar-refractivity contribution in [1.29, 1.82) is 0 Å². The lowest BCUT2D eigenvalue weighted by Crippen LogP contribution is -2.27. The van der Waals surface area contributed by atoms with Gasteiger partial charge in [0.15, 0.2) is 0 Å². The fourth-order valence-electron chi connectivity index (χ4n) is 4.03. The van der Waals surface area contributed by atoms with E-state index in [-0.39, 0.29) is 5.92 Å². The lowest BCUT2D eigenvalue weighted by molar-refractivity contribution is 0.579. The molecule has 3 nitrogen and oxygen atoms in total. The molecule has 0 saturated heterocycles. The van der Waals surface area contributed by atoms with E-state index < -0.39 is 0 Å². The van der Waals surface area contributed by atoms with E-state index in [0.29, 0.717) is 0 Å². The van der Waals surface area contributed by atoms with Gasteiger partial charge in [0, 0.05) is 18.0 Å². The zero-order chi connectivity index (χ0) is 19.9. The maximum atomic E-state index is 4.52. The van der Waals surface area contributed by atoms with Gasteiger partial charge in [-0.15, -0.1) is 0 Å². The van der Waals surface area contributed by atoms with E-state index in [9.17, 15) is 0 Å². The highest BCUT2D eigenvalue weighted by Gasteiger charge is 2.30. The Labute approximate surface area is 169 Å². The normalized spacial score (nSPS) is 16.2. The van der Waals surface area contributed by atoms with Crippen molar-refractivity contribution < 1.29 is 0 Å². The van der Waals surface area contributed by atoms with Crippen LogP contribution in [0.1, 0.15) is 41.0 Å². The minimum Gasteiger partial charge on any atom is -0.320 e. The van der Waals surface area contributed by atoms with E-state index in [2.05, 4.69) is 84.4 Å². The number of hydrogen-bond acceptors (Lipinski definition) is 3. The first-order chi connectivity index (χ1) is 13.7. The first-order valence-corrected chi connectivity index (χ1v) is 10.1. The lowest BCUT2D eigenvalue weighted by atomic mass is 9.76. The topological polar surface area (TPSA) is 36.4 Å². The fourth-order valence-corrected chi connectivity index (χ4v) is 4.03. The Morgan fingerprint density at radius 2 is 1.64 bits per heavy atom. The molecule has 1 aliphatic carbocycles. The van der Waals surface area contributed by atoms with Crippen LogP contribution in [0.4, 0.5) is 0 Å². The van der Waals surface area contributed by atoms with Crippen molar-refractivity contribution in [2.75, 3.05) is 26.7 Å². The van der Waals surface area contributed by atoms with E-state index in [4.69, 9.17) is 0 Å². The molecule has 0 aliphatic heterocycles. The SMILES string of the molecule is C=NC1=C(c2ccccc2C)C(=C)c2ccccc2C1CNCCCCNC. The van der Waals surface area contributed by atoms with Gasteiger partial charge >= 0.3 is 0 Å². The van der Waals surface area contributed by atoms with Gasteiger partial charge in [0.2, 0.25) is 0 Å². The molecule has 146 valence electrons. The van der Waals surface area contributed by atoms with E-state index in [1.54, 1.807) is 0 Å². The van der Waals surface area contributed by atoms with Crippen LogP contribution < -0.4 is 10.6 Å². The number of benzene rings is 2. The molecule has 0 aromatic heterocycles. The van der Waals surface area contributed by atoms with Crippen LogP contribution in [0.5, 0.6) is 0 Å². The zero-order valence-electron chi connectivity index (χ0n) is 17.1. The van der Waals surface area contributed by atoms with Gasteiger partial charge in [0.05, 0.1) is 5.70 Å². The third-order valence-electron chi connectivity index (χ3n) is 5.51. The number of fused-ring (bicyclic) bond motifs is 1. The maximum absolute atomic E-state index is 4.52. The number of aryl methyl sites for hydroxylation is 1. The summed E-state index contributed by atoms with van der Waals surface area (Å²) >= 11 is 0. The number of allylic oxidation sites excluding steroid dienone is 2. The van der Waals surface area contributed by atoms with Gasteiger partial charge in [0.1, 0.15) is 0 Å². The Morgan fingerprint density at radius 3 is 2.36 bits per heavy atom. The molecule has 2 N–H and O–H groups in total. The summed E-state index contributed by atoms with van der Waals surface area (Å²) in [6.45, 7) is 13.4. The van der Waals surface area contributed by atoms with Crippen LogP contribution in [-0.4, -0.2) is 33.4 Å². The number of hydrogen-bond donors (Lipinski definition) is 2. The Balaban J connectivity index is 1.96. The van der Waals surface area contributed by atoms with Crippen molar-refractivity contribution >= 4 is 17.9 Å². The zero-order valence-corrected chi connectivity index (χ0v) is 17.1. The molecule has 0 radical (unpaired) electrons. The minimum atomic E-state index is 0.179. The highest BCUT2D eigenvalue weighted by molar-refractivity contribution is 6.08. The Hall–Kier alpha value is -2.49. The number of unbranched alkanes of at least 4 members (excludes halogenated alkanes) is 1. The third kappa shape index (κ3) is 4.16. The van der Waals surface area contributed by atoms with Crippen molar-refractivity contribution in [3.05, 3.63) is 83.1 Å². The Morgan fingerprint density at radius 1 is 0.964 bits per heavy atom. The monoisotopic (exact) mass is 373 g/mol. The summed E-state index contributed by atoms with van der Waals surface area (Å²) in [7, 11) is 2.00. The van der Waals surface area contributed by atoms with Crippen LogP contribution >= 0.6 is 0 Å². The smallest absolute Gasteiger partial charge is 0.0568 e. The molecule has 0 fully saturated rings. The summed E-state index contributed by atoms with van der Waals surface area (Å²) in [5.74, 6) is 0.179. The average Bonchev–Trinajstić information content (AvgIpc) is 2.72. The van der Waals surface area contributed by atoms with Crippen molar-refractivity contribution in [3.63, 3.8) is 0 Å². The standard InChI is InChI=1S/C25H31N3/c1-18-11-5-6-12-20(18)24-19(2)21-13-7-8-14-22(21)23(25(24)27-4)17-28-16-10-9-15-26-3/h5-8,11-14,23,26,28H,2,4,9-10,15-17H2,1,3H3. The predicted octanol–water partition coefficient (Wildman–Crippen LogP) is 4.81. The molecule has 2 aromatic rings. The number of nitrogens with zero attached hydrogens (tertiary/aromatic N) is 1. The van der Waals surface area contributed by atoms with Gasteiger partial charge in [-0.25, -0.2) is 0 Å². The van der Waals surface area contributed by atoms with Crippen molar-refractivity contribution in [2.45, 2.75) is 25.7 Å². The van der Waals surface area contributed by atoms with Crippen LogP contribution in [0.2, 0.25) is 0 Å². The summed E-state index contributed by atoms with van der Waals surface area (Å²) in [6, 6.07) is 17.0. The Kier molecular flexibility index (Phi) is 6.96. The largest absolute Gasteiger partial charge is 0.320 e. The van der Waals surface area contributed by atoms with Gasteiger partial charge in [-0.2, -0.15) is 0 Å². The second-order valence-corrected chi connectivity index (χ2v) is 7.37. The van der Waals surface area contributed by atoms with Gasteiger partial charge in [-0.3, -0.25) is 4.99 Å². The molecule has 1 aliphatic rings. The summed E-state index contributed by atoms with van der Waals surface area (Å²) in [5, 5.41) is 6.84. The molecule has 2 aromatic carbocycles. The average molecular weight is 374 g/mol. The molecule has 3 rings (SSSR count). The Bertz CT molecular complexity index is 879. The highest BCUT2D eigenvalue weighted by atomic mass is 14.9. The number of nitrogens with one attached hydrogen (secondary N) is 2. The van der Waals surface area contributed by atoms with Crippen molar-refractivity contribution in [3.8, 4) is 0 Å². The highest BCUT2D eigenvalue weighted by Crippen LogP contribution is 2.46. The van der Waals surface area contributed by atoms with Crippen LogP contribution in [0.3, 0.4) is 0 Å². The summed E-state index contributed by atoms with van der Waals surface area (Å²) in [4.78, 5) is 4.52. The summed E-state index contributed by atoms with van der Waals surface area (Å²) in [6.07, 6.45) is 2.34. The quantitative estimate of drug-likeness (QED) is 0.489. The van der Waals surface area contributed by atoms with Crippen LogP contribution in [0.25, 0.3) is 11.1 Å². The molecule has 1 unspecified atom stereocenters. The molecule has 1 atom stereocenters. The molecule has 0 spiro atoms. The molecule has 0 amide bonds. The summed E-state index contributed by atoms with van der Waals surface area (Å²) < 4.78 is 0. The number of rotatable bonds is 9. The molecule has 3 heteroatoms. The number of aliphatic imine (C=N–C) groups is 1. The van der Waals surface area contributed by atoms with Gasteiger partial charge < -0.3 is 10.6 Å². The molecule has 28 heavy (non-hydrogen) atoms. The lowest BCUT2D eigenvalue weighted by Gasteiger charge is -2.31. The van der Waals surface area contributed by atoms with Gasteiger partial charge in [-0.1, -0.05) is 55.1 Å². The van der Waals surface area contributed by atoms with E-state index >= 15 is 0 Å². The summed E-state index contributed by atoms with van der Waals surface area (Å²) in [5.41, 5.74) is 8.14. The second-order valence-electron chi connectivity index (χ2n) is 7.37. The van der Waals surface area contributed by atoms with E-state index in [1.165, 1.54) is 28.7 Å². The fraction of sp³-hybridized carbons (Fsp3) is 0.320. The molecular formula is C25H31N3. The van der Waals surface area contributed by atoms with Crippen molar-refractivity contribution in [1.82, 2.24) is 10.6 Å². The van der Waals surface area contributed by atoms with Gasteiger partial charge in [-0.05, 0) is 74.4 Å². The molecular weight excluding hydrogens is 342 g/mol. The predicted molar refractivity (Wildman–Crippen MR) is 122 cm³/mol. The molecule has 0 saturated carbocycles. The van der Waals surface area contributed by atoms with Crippen LogP contribution in [-0.2, 0) is 0 Å². The maximum Gasteiger partial charge on any atom is 0.0568 e. The van der Waals surface area contributed by atoms with E-state index in [1.807, 2.05) is 7.05 Å². The van der Waals surface area contributed by atoms with Gasteiger partial charge in [0.25, 0.3) is 0 Å². The van der Waals surface area contributed by atoms with Crippen LogP contribution in [0, 0.1) is 6.92 Å². The second kappa shape index (κ2) is 9.63.